The Bertz CT molecular complexity index is 740. The van der Waals surface area contributed by atoms with Crippen molar-refractivity contribution < 1.29 is 9.21 Å². The Morgan fingerprint density at radius 1 is 1.39 bits per heavy atom. The van der Waals surface area contributed by atoms with E-state index in [0.717, 1.165) is 32.5 Å². The molecule has 0 unspecified atom stereocenters. The number of benzene rings is 1. The fourth-order valence-electron chi connectivity index (χ4n) is 3.56. The maximum absolute atomic E-state index is 12.7. The first-order valence-corrected chi connectivity index (χ1v) is 7.87. The lowest BCUT2D eigenvalue weighted by Gasteiger charge is -2.44. The minimum absolute atomic E-state index is 0. The van der Waals surface area contributed by atoms with Crippen LogP contribution in [0.1, 0.15) is 23.2 Å². The molecule has 124 valence electrons. The molecule has 4 heterocycles. The van der Waals surface area contributed by atoms with Crippen LogP contribution in [0.5, 0.6) is 0 Å². The number of piperidine rings is 3. The molecule has 2 aromatic rings. The van der Waals surface area contributed by atoms with Crippen LogP contribution in [0, 0.1) is 5.92 Å². The number of hydrogen-bond donors (Lipinski definition) is 2. The van der Waals surface area contributed by atoms with E-state index in [1.807, 2.05) is 0 Å². The molecule has 3 N–H and O–H groups in total. The highest BCUT2D eigenvalue weighted by Crippen LogP contribution is 2.29. The lowest BCUT2D eigenvalue weighted by Crippen LogP contribution is -2.57. The van der Waals surface area contributed by atoms with E-state index >= 15 is 0 Å². The largest absolute Gasteiger partial charge is 0.424 e. The van der Waals surface area contributed by atoms with Gasteiger partial charge in [-0.2, -0.15) is 4.98 Å². The van der Waals surface area contributed by atoms with Gasteiger partial charge in [-0.25, -0.2) is 0 Å². The zero-order chi connectivity index (χ0) is 15.3. The van der Waals surface area contributed by atoms with Crippen LogP contribution < -0.4 is 11.1 Å². The van der Waals surface area contributed by atoms with Gasteiger partial charge in [-0.05, 0) is 37.9 Å². The summed E-state index contributed by atoms with van der Waals surface area (Å²) in [6, 6.07) is 3.45. The van der Waals surface area contributed by atoms with E-state index in [4.69, 9.17) is 21.8 Å². The molecule has 1 aromatic carbocycles. The summed E-state index contributed by atoms with van der Waals surface area (Å²) in [5.41, 5.74) is 6.89. The Balaban J connectivity index is 0.00000156. The fourth-order valence-corrected chi connectivity index (χ4v) is 3.77. The van der Waals surface area contributed by atoms with Crippen molar-refractivity contribution in [3.05, 3.63) is 22.7 Å². The van der Waals surface area contributed by atoms with E-state index in [-0.39, 0.29) is 30.4 Å². The van der Waals surface area contributed by atoms with Crippen molar-refractivity contribution in [1.29, 1.82) is 0 Å². The summed E-state index contributed by atoms with van der Waals surface area (Å²) in [5.74, 6) is 0.394. The van der Waals surface area contributed by atoms with Crippen LogP contribution >= 0.6 is 24.0 Å². The van der Waals surface area contributed by atoms with E-state index in [1.54, 1.807) is 12.1 Å². The number of aromatic nitrogens is 1. The number of nitrogen functional groups attached to an aromatic ring is 1. The maximum atomic E-state index is 12.7. The second-order valence-corrected chi connectivity index (χ2v) is 6.51. The highest BCUT2D eigenvalue weighted by atomic mass is 35.5. The smallest absolute Gasteiger partial charge is 0.293 e. The Labute approximate surface area is 144 Å². The average Bonchev–Trinajstić information content (AvgIpc) is 2.87. The molecule has 3 saturated heterocycles. The van der Waals surface area contributed by atoms with Crippen LogP contribution in [0.2, 0.25) is 5.02 Å². The first kappa shape index (κ1) is 16.4. The number of oxazole rings is 1. The third-order valence-corrected chi connectivity index (χ3v) is 4.91. The van der Waals surface area contributed by atoms with Gasteiger partial charge in [0.15, 0.2) is 5.58 Å². The summed E-state index contributed by atoms with van der Waals surface area (Å²) in [6.45, 7) is 3.19. The second-order valence-electron chi connectivity index (χ2n) is 6.07. The number of rotatable bonds is 2. The number of amides is 1. The Kier molecular flexibility index (Phi) is 4.40. The normalized spacial score (nSPS) is 26.0. The van der Waals surface area contributed by atoms with Crippen molar-refractivity contribution >= 4 is 47.0 Å². The quantitative estimate of drug-likeness (QED) is 0.862. The molecule has 0 aliphatic carbocycles. The molecule has 6 nitrogen and oxygen atoms in total. The van der Waals surface area contributed by atoms with Crippen LogP contribution in [0.15, 0.2) is 16.5 Å². The van der Waals surface area contributed by atoms with Gasteiger partial charge in [0.05, 0.1) is 5.56 Å². The summed E-state index contributed by atoms with van der Waals surface area (Å²) in [4.78, 5) is 19.1. The van der Waals surface area contributed by atoms with Gasteiger partial charge in [0.1, 0.15) is 5.52 Å². The van der Waals surface area contributed by atoms with Crippen molar-refractivity contribution in [3.63, 3.8) is 0 Å². The zero-order valence-electron chi connectivity index (χ0n) is 12.4. The van der Waals surface area contributed by atoms with Crippen LogP contribution in [0.25, 0.3) is 11.1 Å². The van der Waals surface area contributed by atoms with Crippen LogP contribution in [-0.2, 0) is 0 Å². The molecule has 1 atom stereocenters. The molecule has 3 aliphatic rings. The Morgan fingerprint density at radius 2 is 2.13 bits per heavy atom. The van der Waals surface area contributed by atoms with Crippen molar-refractivity contribution in [3.8, 4) is 0 Å². The number of nitrogens with two attached hydrogens (primary N) is 1. The molecule has 5 rings (SSSR count). The van der Waals surface area contributed by atoms with Gasteiger partial charge in [-0.15, -0.1) is 12.4 Å². The topological polar surface area (TPSA) is 84.4 Å². The minimum atomic E-state index is -0.167. The second kappa shape index (κ2) is 6.19. The lowest BCUT2D eigenvalue weighted by molar-refractivity contribution is 0.0621. The molecule has 3 fully saturated rings. The number of fused-ring (bicyclic) bond motifs is 4. The van der Waals surface area contributed by atoms with Gasteiger partial charge in [0.2, 0.25) is 0 Å². The van der Waals surface area contributed by atoms with E-state index in [9.17, 15) is 4.79 Å². The van der Waals surface area contributed by atoms with Gasteiger partial charge >= 0.3 is 0 Å². The van der Waals surface area contributed by atoms with Crippen molar-refractivity contribution in [2.24, 2.45) is 5.92 Å². The number of nitrogens with zero attached hydrogens (tertiary/aromatic N) is 2. The first-order chi connectivity index (χ1) is 10.6. The van der Waals surface area contributed by atoms with Crippen molar-refractivity contribution in [2.75, 3.05) is 25.4 Å². The van der Waals surface area contributed by atoms with E-state index in [1.165, 1.54) is 0 Å². The molecule has 3 aliphatic heterocycles. The molecule has 0 saturated carbocycles. The summed E-state index contributed by atoms with van der Waals surface area (Å²) in [5, 5.41) is 3.57. The summed E-state index contributed by atoms with van der Waals surface area (Å²) < 4.78 is 5.27. The van der Waals surface area contributed by atoms with Gasteiger partial charge in [0.25, 0.3) is 11.9 Å². The third kappa shape index (κ3) is 2.98. The predicted molar refractivity (Wildman–Crippen MR) is 91.1 cm³/mol. The highest BCUT2D eigenvalue weighted by molar-refractivity contribution is 6.32. The van der Waals surface area contributed by atoms with E-state index in [0.29, 0.717) is 27.6 Å². The first-order valence-electron chi connectivity index (χ1n) is 7.49. The lowest BCUT2D eigenvalue weighted by atomic mass is 9.84. The number of carbonyl (C=O) groups is 1. The van der Waals surface area contributed by atoms with Gasteiger partial charge < -0.3 is 20.4 Å². The molecular weight excluding hydrogens is 339 g/mol. The number of carbonyl (C=O) groups excluding carboxylic acids is 1. The number of hydrogen-bond acceptors (Lipinski definition) is 5. The highest BCUT2D eigenvalue weighted by Gasteiger charge is 2.35. The van der Waals surface area contributed by atoms with Crippen molar-refractivity contribution in [2.45, 2.75) is 18.9 Å². The molecule has 8 heteroatoms. The average molecular weight is 357 g/mol. The van der Waals surface area contributed by atoms with E-state index < -0.39 is 0 Å². The van der Waals surface area contributed by atoms with Crippen LogP contribution in [-0.4, -0.2) is 41.5 Å². The maximum Gasteiger partial charge on any atom is 0.293 e. The van der Waals surface area contributed by atoms with E-state index in [2.05, 4.69) is 15.2 Å². The number of halogens is 2. The molecular formula is C15H18Cl2N4O2. The molecule has 1 amide bonds. The Hall–Kier alpha value is -1.50. The standard InChI is InChI=1S/C15H17ClN4O2.ClH/c16-9-5-10(13-12(6-9)22-15(17)19-13)14(21)18-11-7-20-3-1-8(11)2-4-20;/h5-6,8,11H,1-4,7H2,(H2,17,19)(H,18,21);1H/t11-;/m1./s1. The molecule has 0 radical (unpaired) electrons. The molecule has 2 bridgehead atoms. The fraction of sp³-hybridized carbons (Fsp3) is 0.467. The zero-order valence-corrected chi connectivity index (χ0v) is 14.0. The summed E-state index contributed by atoms with van der Waals surface area (Å²) in [6.07, 6.45) is 2.29. The van der Waals surface area contributed by atoms with Gasteiger partial charge in [-0.1, -0.05) is 11.6 Å². The predicted octanol–water partition coefficient (Wildman–Crippen LogP) is 2.31. The number of anilines is 1. The Morgan fingerprint density at radius 3 is 2.78 bits per heavy atom. The molecule has 1 aromatic heterocycles. The SMILES string of the molecule is Cl.Nc1nc2c(C(=O)N[C@@H]3CN4CCC3CC4)cc(Cl)cc2o1. The van der Waals surface area contributed by atoms with Crippen LogP contribution in [0.3, 0.4) is 0 Å². The molecule has 0 spiro atoms. The monoisotopic (exact) mass is 356 g/mol. The molecule has 23 heavy (non-hydrogen) atoms. The summed E-state index contributed by atoms with van der Waals surface area (Å²) >= 11 is 6.07. The summed E-state index contributed by atoms with van der Waals surface area (Å²) in [7, 11) is 0. The van der Waals surface area contributed by atoms with Gasteiger partial charge in [0, 0.05) is 23.7 Å². The van der Waals surface area contributed by atoms with Gasteiger partial charge in [-0.3, -0.25) is 4.79 Å². The van der Waals surface area contributed by atoms with Crippen molar-refractivity contribution in [1.82, 2.24) is 15.2 Å². The number of nitrogens with one attached hydrogen (secondary N) is 1. The third-order valence-electron chi connectivity index (χ3n) is 4.69. The van der Waals surface area contributed by atoms with Crippen LogP contribution in [0.4, 0.5) is 6.01 Å². The minimum Gasteiger partial charge on any atom is -0.424 e.